The lowest BCUT2D eigenvalue weighted by Crippen LogP contribution is -2.49. The maximum Gasteiger partial charge on any atom is 0.241 e. The van der Waals surface area contributed by atoms with Crippen molar-refractivity contribution in [1.29, 1.82) is 0 Å². The zero-order valence-corrected chi connectivity index (χ0v) is 15.7. The van der Waals surface area contributed by atoms with Crippen LogP contribution in [0.15, 0.2) is 24.3 Å². The number of amides is 1. The Bertz CT molecular complexity index is 624. The van der Waals surface area contributed by atoms with E-state index in [1.165, 1.54) is 0 Å². The van der Waals surface area contributed by atoms with Gasteiger partial charge in [0.1, 0.15) is 11.8 Å². The molecule has 2 fully saturated rings. The summed E-state index contributed by atoms with van der Waals surface area (Å²) in [6.07, 6.45) is 4.50. The highest BCUT2D eigenvalue weighted by Crippen LogP contribution is 2.24. The van der Waals surface area contributed by atoms with E-state index in [4.69, 9.17) is 4.74 Å². The van der Waals surface area contributed by atoms with Gasteiger partial charge in [0.25, 0.3) is 0 Å². The fourth-order valence-corrected chi connectivity index (χ4v) is 3.90. The smallest absolute Gasteiger partial charge is 0.241 e. The molecular weight excluding hydrogens is 330 g/mol. The van der Waals surface area contributed by atoms with Crippen LogP contribution in [0.3, 0.4) is 0 Å². The number of nitrogens with zero attached hydrogens (tertiary/aromatic N) is 1. The number of nitrogens with one attached hydrogen (secondary N) is 2. The molecule has 2 unspecified atom stereocenters. The van der Waals surface area contributed by atoms with Gasteiger partial charge in [0.05, 0.1) is 7.11 Å². The van der Waals surface area contributed by atoms with Gasteiger partial charge in [-0.15, -0.1) is 0 Å². The van der Waals surface area contributed by atoms with Crippen molar-refractivity contribution in [1.82, 2.24) is 15.8 Å². The predicted molar refractivity (Wildman–Crippen MR) is 100 cm³/mol. The van der Waals surface area contributed by atoms with Gasteiger partial charge < -0.3 is 9.64 Å². The second kappa shape index (κ2) is 8.64. The van der Waals surface area contributed by atoms with E-state index in [0.29, 0.717) is 19.1 Å². The standard InChI is InChI=1S/C20H29N3O3/c1-3-4-16-13-18(22-21-16)20(25)23-11-9-15(10-12-23)19(24)14-5-7-17(26-2)8-6-14/h5-8,15-16,18,21-22H,3-4,9-13H2,1-2H3. The molecule has 1 amide bonds. The number of likely N-dealkylation sites (tertiary alicyclic amines) is 1. The molecule has 0 aliphatic carbocycles. The molecule has 2 aliphatic heterocycles. The summed E-state index contributed by atoms with van der Waals surface area (Å²) in [5.41, 5.74) is 7.08. The van der Waals surface area contributed by atoms with Crippen molar-refractivity contribution >= 4 is 11.7 Å². The first kappa shape index (κ1) is 18.9. The summed E-state index contributed by atoms with van der Waals surface area (Å²) >= 11 is 0. The Balaban J connectivity index is 1.50. The lowest BCUT2D eigenvalue weighted by molar-refractivity contribution is -0.134. The number of ether oxygens (including phenoxy) is 1. The van der Waals surface area contributed by atoms with Crippen molar-refractivity contribution in [3.8, 4) is 5.75 Å². The third-order valence-corrected chi connectivity index (χ3v) is 5.47. The van der Waals surface area contributed by atoms with Gasteiger partial charge in [0.2, 0.25) is 5.91 Å². The van der Waals surface area contributed by atoms with E-state index in [2.05, 4.69) is 17.8 Å². The molecule has 3 rings (SSSR count). The average Bonchev–Trinajstić information content (AvgIpc) is 3.16. The van der Waals surface area contributed by atoms with Crippen LogP contribution in [-0.2, 0) is 4.79 Å². The van der Waals surface area contributed by atoms with Gasteiger partial charge in [-0.3, -0.25) is 15.0 Å². The molecule has 1 aromatic rings. The molecule has 0 saturated carbocycles. The molecule has 2 atom stereocenters. The van der Waals surface area contributed by atoms with Crippen molar-refractivity contribution in [2.75, 3.05) is 20.2 Å². The van der Waals surface area contributed by atoms with Crippen molar-refractivity contribution in [3.05, 3.63) is 29.8 Å². The van der Waals surface area contributed by atoms with E-state index in [-0.39, 0.29) is 23.7 Å². The summed E-state index contributed by atoms with van der Waals surface area (Å²) < 4.78 is 5.14. The Morgan fingerprint density at radius 1 is 1.15 bits per heavy atom. The van der Waals surface area contributed by atoms with Crippen LogP contribution < -0.4 is 15.6 Å². The first-order valence-corrected chi connectivity index (χ1v) is 9.60. The second-order valence-corrected chi connectivity index (χ2v) is 7.25. The topological polar surface area (TPSA) is 70.7 Å². The van der Waals surface area contributed by atoms with Crippen LogP contribution in [0.25, 0.3) is 0 Å². The van der Waals surface area contributed by atoms with Crippen LogP contribution in [0.5, 0.6) is 5.75 Å². The highest BCUT2D eigenvalue weighted by Gasteiger charge is 2.34. The largest absolute Gasteiger partial charge is 0.497 e. The zero-order chi connectivity index (χ0) is 18.5. The minimum Gasteiger partial charge on any atom is -0.497 e. The van der Waals surface area contributed by atoms with E-state index in [1.807, 2.05) is 29.2 Å². The summed E-state index contributed by atoms with van der Waals surface area (Å²) in [5.74, 6) is 1.07. The molecule has 6 heteroatoms. The van der Waals surface area contributed by atoms with E-state index >= 15 is 0 Å². The number of hydrogen-bond acceptors (Lipinski definition) is 5. The molecule has 142 valence electrons. The number of carbonyl (C=O) groups is 2. The number of methoxy groups -OCH3 is 1. The third kappa shape index (κ3) is 4.24. The molecule has 2 saturated heterocycles. The summed E-state index contributed by atoms with van der Waals surface area (Å²) in [4.78, 5) is 27.3. The third-order valence-electron chi connectivity index (χ3n) is 5.47. The second-order valence-electron chi connectivity index (χ2n) is 7.25. The normalized spacial score (nSPS) is 23.8. The number of rotatable bonds is 6. The Hall–Kier alpha value is -1.92. The number of hydrogen-bond donors (Lipinski definition) is 2. The quantitative estimate of drug-likeness (QED) is 0.762. The van der Waals surface area contributed by atoms with Crippen LogP contribution >= 0.6 is 0 Å². The summed E-state index contributed by atoms with van der Waals surface area (Å²) in [6.45, 7) is 3.46. The number of piperidine rings is 1. The van der Waals surface area contributed by atoms with Crippen LogP contribution in [-0.4, -0.2) is 48.9 Å². The molecular formula is C20H29N3O3. The average molecular weight is 359 g/mol. The van der Waals surface area contributed by atoms with Gasteiger partial charge in [0.15, 0.2) is 5.78 Å². The van der Waals surface area contributed by atoms with Crippen molar-refractivity contribution in [2.24, 2.45) is 5.92 Å². The van der Waals surface area contributed by atoms with Crippen LogP contribution in [0.1, 0.15) is 49.4 Å². The Morgan fingerprint density at radius 3 is 2.46 bits per heavy atom. The van der Waals surface area contributed by atoms with Gasteiger partial charge in [-0.2, -0.15) is 0 Å². The Kier molecular flexibility index (Phi) is 6.27. The molecule has 1 aromatic carbocycles. The maximum atomic E-state index is 12.7. The van der Waals surface area contributed by atoms with Gasteiger partial charge >= 0.3 is 0 Å². The molecule has 26 heavy (non-hydrogen) atoms. The van der Waals surface area contributed by atoms with E-state index < -0.39 is 0 Å². The zero-order valence-electron chi connectivity index (χ0n) is 15.7. The number of hydrazine groups is 1. The highest BCUT2D eigenvalue weighted by molar-refractivity contribution is 5.98. The Morgan fingerprint density at radius 2 is 1.85 bits per heavy atom. The maximum absolute atomic E-state index is 12.7. The summed E-state index contributed by atoms with van der Waals surface area (Å²) in [7, 11) is 1.61. The van der Waals surface area contributed by atoms with Gasteiger partial charge in [-0.25, -0.2) is 5.43 Å². The number of Topliss-reactive ketones (excluding diaryl/α,β-unsaturated/α-hetero) is 1. The summed E-state index contributed by atoms with van der Waals surface area (Å²) in [6, 6.07) is 7.51. The van der Waals surface area contributed by atoms with E-state index in [1.54, 1.807) is 7.11 Å². The number of carbonyl (C=O) groups excluding carboxylic acids is 2. The minimum atomic E-state index is -0.139. The Labute approximate surface area is 155 Å². The molecule has 0 aromatic heterocycles. The first-order chi connectivity index (χ1) is 12.6. The summed E-state index contributed by atoms with van der Waals surface area (Å²) in [5, 5.41) is 0. The van der Waals surface area contributed by atoms with E-state index in [9.17, 15) is 9.59 Å². The number of ketones is 1. The monoisotopic (exact) mass is 359 g/mol. The lowest BCUT2D eigenvalue weighted by atomic mass is 9.88. The molecule has 0 bridgehead atoms. The van der Waals surface area contributed by atoms with Crippen molar-refractivity contribution in [2.45, 2.75) is 51.1 Å². The molecule has 2 aliphatic rings. The van der Waals surface area contributed by atoms with Crippen molar-refractivity contribution in [3.63, 3.8) is 0 Å². The van der Waals surface area contributed by atoms with Gasteiger partial charge in [-0.1, -0.05) is 13.3 Å². The molecule has 6 nitrogen and oxygen atoms in total. The van der Waals surface area contributed by atoms with Crippen LogP contribution in [0.4, 0.5) is 0 Å². The first-order valence-electron chi connectivity index (χ1n) is 9.60. The minimum absolute atomic E-state index is 0.00468. The molecule has 2 N–H and O–H groups in total. The van der Waals surface area contributed by atoms with E-state index in [0.717, 1.165) is 43.4 Å². The van der Waals surface area contributed by atoms with Crippen molar-refractivity contribution < 1.29 is 14.3 Å². The molecule has 0 spiro atoms. The highest BCUT2D eigenvalue weighted by atomic mass is 16.5. The lowest BCUT2D eigenvalue weighted by Gasteiger charge is -2.33. The number of benzene rings is 1. The SMILES string of the molecule is CCCC1CC(C(=O)N2CCC(C(=O)c3ccc(OC)cc3)CC2)NN1. The predicted octanol–water partition coefficient (Wildman–Crippen LogP) is 2.15. The van der Waals surface area contributed by atoms with Crippen LogP contribution in [0.2, 0.25) is 0 Å². The fourth-order valence-electron chi connectivity index (χ4n) is 3.90. The molecule has 0 radical (unpaired) electrons. The van der Waals surface area contributed by atoms with Gasteiger partial charge in [0, 0.05) is 30.6 Å². The fraction of sp³-hybridized carbons (Fsp3) is 0.600. The van der Waals surface area contributed by atoms with Crippen LogP contribution in [0, 0.1) is 5.92 Å². The van der Waals surface area contributed by atoms with Gasteiger partial charge in [-0.05, 0) is 49.9 Å². The molecule has 2 heterocycles.